The largest absolute Gasteiger partial charge is 0.491 e. The highest BCUT2D eigenvalue weighted by atomic mass is 16.5. The number of hydrogen-bond donors (Lipinski definition) is 1. The van der Waals surface area contributed by atoms with Crippen molar-refractivity contribution in [2.45, 2.75) is 32.4 Å². The van der Waals surface area contributed by atoms with Crippen LogP contribution in [0.2, 0.25) is 0 Å². The van der Waals surface area contributed by atoms with Crippen molar-refractivity contribution in [3.8, 4) is 5.75 Å². The van der Waals surface area contributed by atoms with Gasteiger partial charge in [0.1, 0.15) is 11.3 Å². The first kappa shape index (κ1) is 21.1. The first-order valence-electron chi connectivity index (χ1n) is 10.8. The number of nitrogens with zero attached hydrogens (tertiary/aromatic N) is 1. The summed E-state index contributed by atoms with van der Waals surface area (Å²) in [4.78, 5) is 29.8. The van der Waals surface area contributed by atoms with Crippen molar-refractivity contribution in [1.82, 2.24) is 4.90 Å². The van der Waals surface area contributed by atoms with Gasteiger partial charge in [-0.25, -0.2) is 0 Å². The number of amides is 1. The Labute approximate surface area is 182 Å². The Morgan fingerprint density at radius 1 is 1.06 bits per heavy atom. The van der Waals surface area contributed by atoms with Crippen LogP contribution >= 0.6 is 0 Å². The van der Waals surface area contributed by atoms with Gasteiger partial charge in [-0.15, -0.1) is 0 Å². The van der Waals surface area contributed by atoms with Crippen molar-refractivity contribution >= 4 is 16.9 Å². The molecule has 0 saturated carbocycles. The van der Waals surface area contributed by atoms with Gasteiger partial charge in [0.25, 0.3) is 5.91 Å². The number of hydrogen-bond acceptors (Lipinski definition) is 4. The van der Waals surface area contributed by atoms with Crippen molar-refractivity contribution in [3.63, 3.8) is 0 Å². The van der Waals surface area contributed by atoms with E-state index in [1.807, 2.05) is 44.2 Å². The lowest BCUT2D eigenvalue weighted by molar-refractivity contribution is -0.858. The molecule has 31 heavy (non-hydrogen) atoms. The van der Waals surface area contributed by atoms with E-state index in [-0.39, 0.29) is 23.2 Å². The zero-order chi connectivity index (χ0) is 22.1. The van der Waals surface area contributed by atoms with Gasteiger partial charge in [0.2, 0.25) is 5.76 Å². The van der Waals surface area contributed by atoms with Crippen LogP contribution < -0.4 is 15.1 Å². The van der Waals surface area contributed by atoms with E-state index in [0.717, 1.165) is 24.3 Å². The van der Waals surface area contributed by atoms with E-state index in [1.54, 1.807) is 23.1 Å². The minimum Gasteiger partial charge on any atom is -0.491 e. The van der Waals surface area contributed by atoms with E-state index in [0.29, 0.717) is 23.1 Å². The summed E-state index contributed by atoms with van der Waals surface area (Å²) in [7, 11) is 4.17. The zero-order valence-corrected chi connectivity index (χ0v) is 18.5. The van der Waals surface area contributed by atoms with Gasteiger partial charge in [0, 0.05) is 13.0 Å². The molecule has 6 nitrogen and oxygen atoms in total. The smallest absolute Gasteiger partial charge is 0.290 e. The second-order valence-electron chi connectivity index (χ2n) is 8.62. The summed E-state index contributed by atoms with van der Waals surface area (Å²) in [5.41, 5.74) is 1.61. The molecule has 0 fully saturated rings. The molecule has 162 valence electrons. The molecule has 1 N–H and O–H groups in total. The SMILES string of the molecule is CC(C)Oc1ccc([C@H]2c3c(oc4ccccc4c3=O)C(=O)N2CCC[NH+](C)C)cc1. The fourth-order valence-electron chi connectivity index (χ4n) is 4.15. The van der Waals surface area contributed by atoms with Crippen LogP contribution in [0.1, 0.15) is 48.0 Å². The molecule has 2 heterocycles. The average molecular weight is 422 g/mol. The maximum atomic E-state index is 13.4. The van der Waals surface area contributed by atoms with Crippen LogP contribution in [0.15, 0.2) is 57.7 Å². The van der Waals surface area contributed by atoms with Crippen LogP contribution in [-0.2, 0) is 0 Å². The summed E-state index contributed by atoms with van der Waals surface area (Å²) in [6, 6.07) is 14.3. The molecule has 0 aliphatic carbocycles. The molecule has 0 bridgehead atoms. The summed E-state index contributed by atoms with van der Waals surface area (Å²) >= 11 is 0. The number of rotatable bonds is 7. The predicted octanol–water partition coefficient (Wildman–Crippen LogP) is 2.66. The van der Waals surface area contributed by atoms with Gasteiger partial charge in [-0.1, -0.05) is 24.3 Å². The first-order valence-corrected chi connectivity index (χ1v) is 10.8. The number of fused-ring (bicyclic) bond motifs is 2. The third kappa shape index (κ3) is 4.08. The predicted molar refractivity (Wildman–Crippen MR) is 120 cm³/mol. The Kier molecular flexibility index (Phi) is 5.83. The van der Waals surface area contributed by atoms with Gasteiger partial charge in [0.05, 0.1) is 43.7 Å². The number of benzene rings is 2. The molecule has 1 aliphatic heterocycles. The summed E-state index contributed by atoms with van der Waals surface area (Å²) < 4.78 is 11.7. The highest BCUT2D eigenvalue weighted by Crippen LogP contribution is 2.38. The standard InChI is InChI=1S/C25H28N2O4/c1-16(2)30-18-12-10-17(11-13-18)22-21-23(28)19-8-5-6-9-20(19)31-24(21)25(29)27(22)15-7-14-26(3)4/h5-6,8-13,16,22H,7,14-15H2,1-4H3/p+1/t22-/m0/s1. The molecule has 0 saturated heterocycles. The van der Waals surface area contributed by atoms with Crippen LogP contribution in [0, 0.1) is 0 Å². The summed E-state index contributed by atoms with van der Waals surface area (Å²) in [5, 5.41) is 0.499. The third-order valence-corrected chi connectivity index (χ3v) is 5.52. The molecule has 1 aromatic heterocycles. The lowest BCUT2D eigenvalue weighted by Crippen LogP contribution is -3.05. The Hall–Kier alpha value is -3.12. The second kappa shape index (κ2) is 8.55. The quantitative estimate of drug-likeness (QED) is 0.637. The maximum absolute atomic E-state index is 13.4. The van der Waals surface area contributed by atoms with E-state index in [4.69, 9.17) is 9.15 Å². The summed E-state index contributed by atoms with van der Waals surface area (Å²) in [5.74, 6) is 0.698. The van der Waals surface area contributed by atoms with E-state index in [1.165, 1.54) is 4.90 Å². The van der Waals surface area contributed by atoms with Crippen LogP contribution in [0.5, 0.6) is 5.75 Å². The van der Waals surface area contributed by atoms with E-state index < -0.39 is 6.04 Å². The number of quaternary nitrogens is 1. The van der Waals surface area contributed by atoms with Gasteiger partial charge in [-0.05, 0) is 43.7 Å². The Morgan fingerprint density at radius 3 is 2.45 bits per heavy atom. The normalized spacial score (nSPS) is 15.9. The molecule has 0 radical (unpaired) electrons. The molecule has 0 unspecified atom stereocenters. The highest BCUT2D eigenvalue weighted by molar-refractivity contribution is 5.99. The summed E-state index contributed by atoms with van der Waals surface area (Å²) in [6.45, 7) is 5.44. The Bertz CT molecular complexity index is 1150. The minimum absolute atomic E-state index is 0.0723. The lowest BCUT2D eigenvalue weighted by Gasteiger charge is -2.25. The fraction of sp³-hybridized carbons (Fsp3) is 0.360. The molecule has 1 aliphatic rings. The van der Waals surface area contributed by atoms with E-state index >= 15 is 0 Å². The topological polar surface area (TPSA) is 64.2 Å². The molecule has 3 aromatic rings. The average Bonchev–Trinajstić information content (AvgIpc) is 3.00. The summed E-state index contributed by atoms with van der Waals surface area (Å²) in [6.07, 6.45) is 0.906. The molecule has 1 atom stereocenters. The van der Waals surface area contributed by atoms with Crippen LogP contribution in [-0.4, -0.2) is 44.1 Å². The first-order chi connectivity index (χ1) is 14.9. The van der Waals surface area contributed by atoms with E-state index in [2.05, 4.69) is 14.1 Å². The number of nitrogens with one attached hydrogen (secondary N) is 1. The van der Waals surface area contributed by atoms with Gasteiger partial charge in [-0.2, -0.15) is 0 Å². The number of ether oxygens (including phenoxy) is 1. The zero-order valence-electron chi connectivity index (χ0n) is 18.5. The maximum Gasteiger partial charge on any atom is 0.290 e. The minimum atomic E-state index is -0.464. The fourth-order valence-corrected chi connectivity index (χ4v) is 4.15. The van der Waals surface area contributed by atoms with Crippen LogP contribution in [0.3, 0.4) is 0 Å². The highest BCUT2D eigenvalue weighted by Gasteiger charge is 2.42. The molecule has 1 amide bonds. The third-order valence-electron chi connectivity index (χ3n) is 5.52. The van der Waals surface area contributed by atoms with Crippen molar-refractivity contribution in [3.05, 3.63) is 75.6 Å². The number of carbonyl (C=O) groups is 1. The number of carbonyl (C=O) groups excluding carboxylic acids is 1. The van der Waals surface area contributed by atoms with Crippen molar-refractivity contribution in [2.24, 2.45) is 0 Å². The van der Waals surface area contributed by atoms with Crippen LogP contribution in [0.25, 0.3) is 11.0 Å². The van der Waals surface area contributed by atoms with Crippen LogP contribution in [0.4, 0.5) is 0 Å². The van der Waals surface area contributed by atoms with Gasteiger partial charge in [0.15, 0.2) is 5.43 Å². The molecule has 0 spiro atoms. The van der Waals surface area contributed by atoms with Crippen molar-refractivity contribution < 1.29 is 18.8 Å². The Morgan fingerprint density at radius 2 is 1.77 bits per heavy atom. The molecular weight excluding hydrogens is 392 g/mol. The Balaban J connectivity index is 1.80. The van der Waals surface area contributed by atoms with Gasteiger partial charge < -0.3 is 19.0 Å². The molecule has 2 aromatic carbocycles. The van der Waals surface area contributed by atoms with Crippen molar-refractivity contribution in [2.75, 3.05) is 27.2 Å². The molecular formula is C25H29N2O4+. The van der Waals surface area contributed by atoms with E-state index in [9.17, 15) is 9.59 Å². The van der Waals surface area contributed by atoms with Gasteiger partial charge >= 0.3 is 0 Å². The van der Waals surface area contributed by atoms with Gasteiger partial charge in [-0.3, -0.25) is 9.59 Å². The lowest BCUT2D eigenvalue weighted by atomic mass is 9.98. The number of para-hydroxylation sites is 1. The molecule has 4 rings (SSSR count). The van der Waals surface area contributed by atoms with Crippen molar-refractivity contribution in [1.29, 1.82) is 0 Å². The second-order valence-corrected chi connectivity index (χ2v) is 8.62. The monoisotopic (exact) mass is 421 g/mol. The molecule has 6 heteroatoms.